The van der Waals surface area contributed by atoms with Crippen molar-refractivity contribution in [3.8, 4) is 0 Å². The van der Waals surface area contributed by atoms with Gasteiger partial charge in [0.1, 0.15) is 5.82 Å². The molecule has 1 aliphatic carbocycles. The third-order valence-electron chi connectivity index (χ3n) is 4.54. The van der Waals surface area contributed by atoms with Gasteiger partial charge in [0, 0.05) is 17.4 Å². The van der Waals surface area contributed by atoms with Crippen molar-refractivity contribution in [3.63, 3.8) is 0 Å². The zero-order valence-electron chi connectivity index (χ0n) is 15.3. The van der Waals surface area contributed by atoms with E-state index in [1.165, 1.54) is 24.2 Å². The molecular weight excluding hydrogens is 366 g/mol. The quantitative estimate of drug-likeness (QED) is 0.551. The molecule has 1 N–H and O–H groups in total. The minimum atomic E-state index is -0.559. The molecule has 0 spiro atoms. The zero-order chi connectivity index (χ0) is 19.2. The molecule has 8 heteroatoms. The smallest absolute Gasteiger partial charge is 0.306 e. The molecule has 0 aliphatic heterocycles. The van der Waals surface area contributed by atoms with E-state index in [4.69, 9.17) is 4.74 Å². The second kappa shape index (κ2) is 8.94. The Morgan fingerprint density at radius 1 is 1.22 bits per heavy atom. The maximum Gasteiger partial charge on any atom is 0.306 e. The Kier molecular flexibility index (Phi) is 6.39. The fourth-order valence-electron chi connectivity index (χ4n) is 3.17. The monoisotopic (exact) mass is 389 g/mol. The number of rotatable bonds is 8. The maximum atomic E-state index is 12.0. The zero-order valence-corrected chi connectivity index (χ0v) is 16.1. The number of aromatic nitrogens is 2. The maximum absolute atomic E-state index is 12.0. The highest BCUT2D eigenvalue weighted by atomic mass is 32.1. The Hall–Kier alpha value is -2.48. The van der Waals surface area contributed by atoms with E-state index in [1.807, 2.05) is 17.7 Å². The molecule has 0 unspecified atom stereocenters. The van der Waals surface area contributed by atoms with Crippen molar-refractivity contribution in [2.45, 2.75) is 51.5 Å². The number of thiophene rings is 1. The molecule has 2 heterocycles. The minimum absolute atomic E-state index is 0.0386. The first-order valence-electron chi connectivity index (χ1n) is 9.11. The molecule has 0 aromatic carbocycles. The van der Waals surface area contributed by atoms with Crippen molar-refractivity contribution in [1.82, 2.24) is 9.78 Å². The molecule has 1 saturated carbocycles. The molecule has 1 aliphatic rings. The number of nitrogens with zero attached hydrogens (tertiary/aromatic N) is 2. The molecule has 3 rings (SSSR count). The van der Waals surface area contributed by atoms with Crippen LogP contribution < -0.4 is 5.32 Å². The first kappa shape index (κ1) is 19.3. The molecular formula is C19H23N3O4S. The van der Waals surface area contributed by atoms with Crippen LogP contribution in [0.2, 0.25) is 0 Å². The van der Waals surface area contributed by atoms with E-state index in [0.29, 0.717) is 16.7 Å². The molecule has 0 bridgehead atoms. The Balaban J connectivity index is 1.41. The van der Waals surface area contributed by atoms with Crippen LogP contribution in [-0.2, 0) is 14.3 Å². The highest BCUT2D eigenvalue weighted by molar-refractivity contribution is 7.14. The molecule has 0 radical (unpaired) electrons. The molecule has 1 amide bonds. The normalized spacial score (nSPS) is 14.3. The number of esters is 1. The van der Waals surface area contributed by atoms with Gasteiger partial charge in [-0.05, 0) is 31.9 Å². The summed E-state index contributed by atoms with van der Waals surface area (Å²) in [6.45, 7) is 1.55. The Bertz CT molecular complexity index is 821. The topological polar surface area (TPSA) is 90.3 Å². The average Bonchev–Trinajstić information content (AvgIpc) is 3.39. The molecule has 0 atom stereocenters. The van der Waals surface area contributed by atoms with Crippen LogP contribution in [0.25, 0.3) is 0 Å². The standard InChI is InChI=1S/C19H23N3O4S/c1-13-6-8-16(27-13)15(23)7-9-19(25)26-12-18(24)21-17-10-11-20-22(17)14-4-2-3-5-14/h6,8,10-11,14H,2-5,7,9,12H2,1H3,(H,21,24). The summed E-state index contributed by atoms with van der Waals surface area (Å²) < 4.78 is 6.81. The average molecular weight is 389 g/mol. The lowest BCUT2D eigenvalue weighted by molar-refractivity contribution is -0.147. The predicted molar refractivity (Wildman–Crippen MR) is 102 cm³/mol. The van der Waals surface area contributed by atoms with Crippen LogP contribution in [0, 0.1) is 6.92 Å². The molecule has 7 nitrogen and oxygen atoms in total. The second-order valence-corrected chi connectivity index (χ2v) is 7.93. The van der Waals surface area contributed by atoms with Crippen molar-refractivity contribution in [1.29, 1.82) is 0 Å². The van der Waals surface area contributed by atoms with E-state index in [9.17, 15) is 14.4 Å². The van der Waals surface area contributed by atoms with Crippen molar-refractivity contribution < 1.29 is 19.1 Å². The number of aryl methyl sites for hydroxylation is 1. The summed E-state index contributed by atoms with van der Waals surface area (Å²) in [6.07, 6.45) is 6.13. The van der Waals surface area contributed by atoms with E-state index in [-0.39, 0.29) is 25.2 Å². The molecule has 0 saturated heterocycles. The van der Waals surface area contributed by atoms with Crippen LogP contribution in [0.4, 0.5) is 5.82 Å². The number of amides is 1. The van der Waals surface area contributed by atoms with Gasteiger partial charge in [0.05, 0.1) is 23.5 Å². The SMILES string of the molecule is Cc1ccc(C(=O)CCC(=O)OCC(=O)Nc2ccnn2C2CCCC2)s1. The summed E-state index contributed by atoms with van der Waals surface area (Å²) in [5.74, 6) is -0.444. The fourth-order valence-corrected chi connectivity index (χ4v) is 4.01. The van der Waals surface area contributed by atoms with Gasteiger partial charge >= 0.3 is 5.97 Å². The first-order valence-corrected chi connectivity index (χ1v) is 9.93. The summed E-state index contributed by atoms with van der Waals surface area (Å²) >= 11 is 1.41. The van der Waals surface area contributed by atoms with Crippen LogP contribution in [0.1, 0.15) is 59.1 Å². The van der Waals surface area contributed by atoms with E-state index in [2.05, 4.69) is 10.4 Å². The van der Waals surface area contributed by atoms with Crippen LogP contribution in [0.3, 0.4) is 0 Å². The predicted octanol–water partition coefficient (Wildman–Crippen LogP) is 3.51. The van der Waals surface area contributed by atoms with E-state index in [0.717, 1.165) is 17.7 Å². The Labute approximate surface area is 161 Å². The molecule has 2 aromatic heterocycles. The highest BCUT2D eigenvalue weighted by Gasteiger charge is 2.21. The summed E-state index contributed by atoms with van der Waals surface area (Å²) in [6, 6.07) is 5.68. The van der Waals surface area contributed by atoms with Crippen LogP contribution in [-0.4, -0.2) is 34.0 Å². The van der Waals surface area contributed by atoms with Gasteiger partial charge in [-0.2, -0.15) is 5.10 Å². The number of ketones is 1. The number of anilines is 1. The van der Waals surface area contributed by atoms with Gasteiger partial charge in [-0.15, -0.1) is 11.3 Å². The highest BCUT2D eigenvalue weighted by Crippen LogP contribution is 2.31. The van der Waals surface area contributed by atoms with Gasteiger partial charge < -0.3 is 10.1 Å². The van der Waals surface area contributed by atoms with Crippen molar-refractivity contribution in [3.05, 3.63) is 34.2 Å². The number of carbonyl (C=O) groups is 3. The third-order valence-corrected chi connectivity index (χ3v) is 5.59. The Morgan fingerprint density at radius 2 is 2.00 bits per heavy atom. The summed E-state index contributed by atoms with van der Waals surface area (Å²) in [4.78, 5) is 37.5. The lowest BCUT2D eigenvalue weighted by Crippen LogP contribution is -2.23. The molecule has 144 valence electrons. The third kappa shape index (κ3) is 5.26. The van der Waals surface area contributed by atoms with Crippen molar-refractivity contribution in [2.24, 2.45) is 0 Å². The Morgan fingerprint density at radius 3 is 2.70 bits per heavy atom. The molecule has 27 heavy (non-hydrogen) atoms. The van der Waals surface area contributed by atoms with Gasteiger partial charge in [0.2, 0.25) is 0 Å². The van der Waals surface area contributed by atoms with Gasteiger partial charge in [-0.25, -0.2) is 4.68 Å². The summed E-state index contributed by atoms with van der Waals surface area (Å²) in [5.41, 5.74) is 0. The van der Waals surface area contributed by atoms with Gasteiger partial charge in [0.15, 0.2) is 12.4 Å². The summed E-state index contributed by atoms with van der Waals surface area (Å²) in [5, 5.41) is 7.02. The summed E-state index contributed by atoms with van der Waals surface area (Å²) in [7, 11) is 0. The van der Waals surface area contributed by atoms with Gasteiger partial charge in [0.25, 0.3) is 5.91 Å². The number of ether oxygens (including phenoxy) is 1. The molecule has 2 aromatic rings. The number of carbonyl (C=O) groups excluding carboxylic acids is 3. The number of hydrogen-bond acceptors (Lipinski definition) is 6. The fraction of sp³-hybridized carbons (Fsp3) is 0.474. The number of nitrogens with one attached hydrogen (secondary N) is 1. The van der Waals surface area contributed by atoms with Crippen molar-refractivity contribution in [2.75, 3.05) is 11.9 Å². The van der Waals surface area contributed by atoms with E-state index in [1.54, 1.807) is 18.3 Å². The largest absolute Gasteiger partial charge is 0.456 e. The van der Waals surface area contributed by atoms with Crippen LogP contribution >= 0.6 is 11.3 Å². The lowest BCUT2D eigenvalue weighted by atomic mass is 10.2. The van der Waals surface area contributed by atoms with Gasteiger partial charge in [-0.1, -0.05) is 12.8 Å². The van der Waals surface area contributed by atoms with E-state index < -0.39 is 11.9 Å². The lowest BCUT2D eigenvalue weighted by Gasteiger charge is -2.14. The first-order chi connectivity index (χ1) is 13.0. The van der Waals surface area contributed by atoms with E-state index >= 15 is 0 Å². The second-order valence-electron chi connectivity index (χ2n) is 6.64. The van der Waals surface area contributed by atoms with Crippen LogP contribution in [0.15, 0.2) is 24.4 Å². The number of hydrogen-bond donors (Lipinski definition) is 1. The number of Topliss-reactive ketones (excluding diaryl/α,β-unsaturated/α-hetero) is 1. The van der Waals surface area contributed by atoms with Crippen molar-refractivity contribution >= 4 is 34.8 Å². The van der Waals surface area contributed by atoms with Crippen LogP contribution in [0.5, 0.6) is 0 Å². The van der Waals surface area contributed by atoms with Gasteiger partial charge in [-0.3, -0.25) is 14.4 Å². The minimum Gasteiger partial charge on any atom is -0.456 e. The molecule has 1 fully saturated rings.